The van der Waals surface area contributed by atoms with Crippen LogP contribution >= 0.6 is 0 Å². The van der Waals surface area contributed by atoms with E-state index in [1.54, 1.807) is 4.90 Å². The predicted octanol–water partition coefficient (Wildman–Crippen LogP) is -0.0348. The monoisotopic (exact) mass is 242 g/mol. The normalized spacial score (nSPS) is 19.3. The van der Waals surface area contributed by atoms with Crippen LogP contribution in [0.15, 0.2) is 0 Å². The van der Waals surface area contributed by atoms with Gasteiger partial charge in [-0.15, -0.1) is 0 Å². The van der Waals surface area contributed by atoms with Gasteiger partial charge in [0.05, 0.1) is 5.92 Å². The molecule has 2 amide bonds. The molecular formula is C11H18N2O4. The molecule has 1 aliphatic heterocycles. The van der Waals surface area contributed by atoms with E-state index in [0.717, 1.165) is 0 Å². The largest absolute Gasteiger partial charge is 0.481 e. The van der Waals surface area contributed by atoms with Gasteiger partial charge < -0.3 is 15.7 Å². The van der Waals surface area contributed by atoms with Crippen molar-refractivity contribution in [2.24, 2.45) is 11.7 Å². The molecule has 6 nitrogen and oxygen atoms in total. The topological polar surface area (TPSA) is 101 Å². The summed E-state index contributed by atoms with van der Waals surface area (Å²) in [5.74, 6) is -1.43. The second kappa shape index (κ2) is 6.22. The standard InChI is InChI=1S/C11H18N2O4/c12-11(17)8-5-6-13(7-8)9(14)3-1-2-4-10(15)16/h8H,1-7H2,(H2,12,17)(H,15,16). The van der Waals surface area contributed by atoms with Crippen molar-refractivity contribution < 1.29 is 19.5 Å². The molecular weight excluding hydrogens is 224 g/mol. The van der Waals surface area contributed by atoms with Gasteiger partial charge in [0.25, 0.3) is 0 Å². The van der Waals surface area contributed by atoms with Crippen LogP contribution in [0.3, 0.4) is 0 Å². The number of amides is 2. The third kappa shape index (κ3) is 4.42. The van der Waals surface area contributed by atoms with Crippen LogP contribution in [0.25, 0.3) is 0 Å². The average Bonchev–Trinajstić information content (AvgIpc) is 2.73. The quantitative estimate of drug-likeness (QED) is 0.638. The van der Waals surface area contributed by atoms with E-state index < -0.39 is 5.97 Å². The van der Waals surface area contributed by atoms with Gasteiger partial charge in [-0.2, -0.15) is 0 Å². The molecule has 1 fully saturated rings. The van der Waals surface area contributed by atoms with Crippen LogP contribution in [0.2, 0.25) is 0 Å². The van der Waals surface area contributed by atoms with Crippen LogP contribution in [0.4, 0.5) is 0 Å². The molecule has 1 atom stereocenters. The Morgan fingerprint density at radius 1 is 1.24 bits per heavy atom. The van der Waals surface area contributed by atoms with E-state index in [4.69, 9.17) is 10.8 Å². The molecule has 1 saturated heterocycles. The number of nitrogens with two attached hydrogens (primary N) is 1. The number of rotatable bonds is 6. The maximum atomic E-state index is 11.7. The first-order valence-electron chi connectivity index (χ1n) is 5.79. The summed E-state index contributed by atoms with van der Waals surface area (Å²) in [6, 6.07) is 0. The van der Waals surface area contributed by atoms with Crippen LogP contribution in [-0.4, -0.2) is 40.9 Å². The van der Waals surface area contributed by atoms with Crippen LogP contribution in [-0.2, 0) is 14.4 Å². The Morgan fingerprint density at radius 2 is 1.88 bits per heavy atom. The summed E-state index contributed by atoms with van der Waals surface area (Å²) in [5.41, 5.74) is 5.17. The number of hydrogen-bond donors (Lipinski definition) is 2. The zero-order valence-electron chi connectivity index (χ0n) is 9.72. The SMILES string of the molecule is NC(=O)C1CCN(C(=O)CCCCC(=O)O)C1. The lowest BCUT2D eigenvalue weighted by atomic mass is 10.1. The summed E-state index contributed by atoms with van der Waals surface area (Å²) in [6.45, 7) is 0.985. The summed E-state index contributed by atoms with van der Waals surface area (Å²) in [7, 11) is 0. The molecule has 0 saturated carbocycles. The van der Waals surface area contributed by atoms with E-state index >= 15 is 0 Å². The molecule has 1 aliphatic rings. The van der Waals surface area contributed by atoms with Gasteiger partial charge in [-0.1, -0.05) is 0 Å². The lowest BCUT2D eigenvalue weighted by Gasteiger charge is -2.15. The smallest absolute Gasteiger partial charge is 0.303 e. The van der Waals surface area contributed by atoms with Gasteiger partial charge in [-0.3, -0.25) is 14.4 Å². The molecule has 0 bridgehead atoms. The molecule has 0 aromatic heterocycles. The number of likely N-dealkylation sites (tertiary alicyclic amines) is 1. The summed E-state index contributed by atoms with van der Waals surface area (Å²) in [5, 5.41) is 8.44. The first kappa shape index (κ1) is 13.5. The summed E-state index contributed by atoms with van der Waals surface area (Å²) < 4.78 is 0. The Bertz CT molecular complexity index is 317. The number of aliphatic carboxylic acids is 1. The minimum Gasteiger partial charge on any atom is -0.481 e. The highest BCUT2D eigenvalue weighted by atomic mass is 16.4. The number of carbonyl (C=O) groups is 3. The van der Waals surface area contributed by atoms with Crippen LogP contribution < -0.4 is 5.73 Å². The van der Waals surface area contributed by atoms with Crippen molar-refractivity contribution in [3.8, 4) is 0 Å². The van der Waals surface area contributed by atoms with E-state index in [0.29, 0.717) is 38.8 Å². The van der Waals surface area contributed by atoms with Crippen molar-refractivity contribution in [2.75, 3.05) is 13.1 Å². The lowest BCUT2D eigenvalue weighted by Crippen LogP contribution is -2.31. The van der Waals surface area contributed by atoms with Crippen LogP contribution in [0.1, 0.15) is 32.1 Å². The van der Waals surface area contributed by atoms with Crippen molar-refractivity contribution in [2.45, 2.75) is 32.1 Å². The number of carboxylic acid groups (broad SMARTS) is 1. The maximum Gasteiger partial charge on any atom is 0.303 e. The highest BCUT2D eigenvalue weighted by molar-refractivity contribution is 5.81. The van der Waals surface area contributed by atoms with Gasteiger partial charge in [-0.25, -0.2) is 0 Å². The van der Waals surface area contributed by atoms with Gasteiger partial charge in [0.1, 0.15) is 0 Å². The first-order chi connectivity index (χ1) is 8.00. The second-order valence-corrected chi connectivity index (χ2v) is 4.33. The van der Waals surface area contributed by atoms with E-state index in [2.05, 4.69) is 0 Å². The Kier molecular flexibility index (Phi) is 4.93. The molecule has 1 rings (SSSR count). The van der Waals surface area contributed by atoms with E-state index in [1.165, 1.54) is 0 Å². The minimum atomic E-state index is -0.840. The number of hydrogen-bond acceptors (Lipinski definition) is 3. The zero-order valence-corrected chi connectivity index (χ0v) is 9.72. The Balaban J connectivity index is 2.21. The molecule has 0 radical (unpaired) electrons. The highest BCUT2D eigenvalue weighted by Crippen LogP contribution is 2.17. The molecule has 1 unspecified atom stereocenters. The minimum absolute atomic E-state index is 0.0147. The fourth-order valence-electron chi connectivity index (χ4n) is 1.93. The molecule has 3 N–H and O–H groups in total. The van der Waals surface area contributed by atoms with Crippen molar-refractivity contribution in [3.63, 3.8) is 0 Å². The van der Waals surface area contributed by atoms with E-state index in [-0.39, 0.29) is 24.2 Å². The Labute approximate surface area is 99.8 Å². The van der Waals surface area contributed by atoms with Gasteiger partial charge in [-0.05, 0) is 19.3 Å². The molecule has 0 aromatic rings. The number of nitrogens with zero attached hydrogens (tertiary/aromatic N) is 1. The van der Waals surface area contributed by atoms with Gasteiger partial charge in [0, 0.05) is 25.9 Å². The third-order valence-electron chi connectivity index (χ3n) is 2.97. The second-order valence-electron chi connectivity index (χ2n) is 4.33. The van der Waals surface area contributed by atoms with Crippen molar-refractivity contribution in [1.29, 1.82) is 0 Å². The lowest BCUT2D eigenvalue weighted by molar-refractivity contribution is -0.137. The van der Waals surface area contributed by atoms with Gasteiger partial charge >= 0.3 is 5.97 Å². The molecule has 1 heterocycles. The van der Waals surface area contributed by atoms with E-state index in [9.17, 15) is 14.4 Å². The molecule has 17 heavy (non-hydrogen) atoms. The summed E-state index contributed by atoms with van der Waals surface area (Å²) in [4.78, 5) is 34.5. The highest BCUT2D eigenvalue weighted by Gasteiger charge is 2.29. The number of carbonyl (C=O) groups excluding carboxylic acids is 2. The number of primary amides is 1. The number of unbranched alkanes of at least 4 members (excludes halogenated alkanes) is 1. The van der Waals surface area contributed by atoms with Crippen LogP contribution in [0.5, 0.6) is 0 Å². The summed E-state index contributed by atoms with van der Waals surface area (Å²) >= 11 is 0. The third-order valence-corrected chi connectivity index (χ3v) is 2.97. The first-order valence-corrected chi connectivity index (χ1v) is 5.79. The predicted molar refractivity (Wildman–Crippen MR) is 60.0 cm³/mol. The van der Waals surface area contributed by atoms with Crippen molar-refractivity contribution in [1.82, 2.24) is 4.90 Å². The number of carboxylic acids is 1. The Hall–Kier alpha value is -1.59. The Morgan fingerprint density at radius 3 is 2.41 bits per heavy atom. The molecule has 0 aliphatic carbocycles. The fourth-order valence-corrected chi connectivity index (χ4v) is 1.93. The molecule has 0 spiro atoms. The fraction of sp³-hybridized carbons (Fsp3) is 0.727. The molecule has 6 heteroatoms. The van der Waals surface area contributed by atoms with Crippen molar-refractivity contribution in [3.05, 3.63) is 0 Å². The zero-order chi connectivity index (χ0) is 12.8. The maximum absolute atomic E-state index is 11.7. The summed E-state index contributed by atoms with van der Waals surface area (Å²) in [6.07, 6.45) is 2.16. The average molecular weight is 242 g/mol. The van der Waals surface area contributed by atoms with E-state index in [1.807, 2.05) is 0 Å². The van der Waals surface area contributed by atoms with Gasteiger partial charge in [0.15, 0.2) is 0 Å². The molecule has 0 aromatic carbocycles. The van der Waals surface area contributed by atoms with Crippen molar-refractivity contribution >= 4 is 17.8 Å². The molecule has 96 valence electrons. The van der Waals surface area contributed by atoms with Crippen LogP contribution in [0, 0.1) is 5.92 Å². The van der Waals surface area contributed by atoms with Gasteiger partial charge in [0.2, 0.25) is 11.8 Å².